The van der Waals surface area contributed by atoms with Crippen molar-refractivity contribution in [2.45, 2.75) is 19.8 Å². The number of nitriles is 1. The number of hydrogen-bond acceptors (Lipinski definition) is 3. The van der Waals surface area contributed by atoms with Gasteiger partial charge in [-0.3, -0.25) is 4.79 Å². The van der Waals surface area contributed by atoms with Gasteiger partial charge in [0.05, 0.1) is 12.5 Å². The molecule has 5 heteroatoms. The summed E-state index contributed by atoms with van der Waals surface area (Å²) >= 11 is 5.93. The highest BCUT2D eigenvalue weighted by Gasteiger charge is 2.14. The number of benzene rings is 2. The van der Waals surface area contributed by atoms with E-state index in [-0.39, 0.29) is 12.5 Å². The molecule has 0 bridgehead atoms. The van der Waals surface area contributed by atoms with Crippen LogP contribution in [-0.2, 0) is 11.2 Å². The predicted molar refractivity (Wildman–Crippen MR) is 98.6 cm³/mol. The first kappa shape index (κ1) is 18.8. The third-order valence-corrected chi connectivity index (χ3v) is 4.08. The van der Waals surface area contributed by atoms with Gasteiger partial charge in [0.25, 0.3) is 5.91 Å². The molecule has 0 aromatic heterocycles. The normalized spacial score (nSPS) is 10.1. The Balaban J connectivity index is 1.93. The lowest BCUT2D eigenvalue weighted by molar-refractivity contribution is -0.133. The number of halogens is 1. The van der Waals surface area contributed by atoms with Crippen LogP contribution in [0.15, 0.2) is 48.5 Å². The molecule has 0 saturated heterocycles. The molecule has 0 aliphatic carbocycles. The van der Waals surface area contributed by atoms with Crippen LogP contribution in [0.2, 0.25) is 5.02 Å². The quantitative estimate of drug-likeness (QED) is 0.718. The summed E-state index contributed by atoms with van der Waals surface area (Å²) in [5, 5.41) is 9.45. The van der Waals surface area contributed by atoms with E-state index in [1.807, 2.05) is 37.3 Å². The van der Waals surface area contributed by atoms with Crippen LogP contribution in [-0.4, -0.2) is 30.5 Å². The van der Waals surface area contributed by atoms with E-state index in [1.54, 1.807) is 23.1 Å². The van der Waals surface area contributed by atoms with Gasteiger partial charge >= 0.3 is 0 Å². The van der Waals surface area contributed by atoms with Gasteiger partial charge in [-0.15, -0.1) is 0 Å². The van der Waals surface area contributed by atoms with E-state index in [0.29, 0.717) is 30.3 Å². The number of amides is 1. The van der Waals surface area contributed by atoms with Gasteiger partial charge in [0, 0.05) is 18.1 Å². The second kappa shape index (κ2) is 9.71. The van der Waals surface area contributed by atoms with Crippen LogP contribution < -0.4 is 4.74 Å². The first-order valence-corrected chi connectivity index (χ1v) is 8.55. The molecular formula is C20H21ClN2O2. The van der Waals surface area contributed by atoms with Gasteiger partial charge in [-0.05, 0) is 42.7 Å². The standard InChI is InChI=1S/C20H21ClN2O2/c1-16-14-18(21)8-9-19(16)25-15-20(24)23(12-5-11-22)13-10-17-6-3-2-4-7-17/h2-4,6-9,14H,5,10,12-13,15H2,1H3. The molecule has 25 heavy (non-hydrogen) atoms. The summed E-state index contributed by atoms with van der Waals surface area (Å²) < 4.78 is 5.63. The maximum absolute atomic E-state index is 12.5. The smallest absolute Gasteiger partial charge is 0.260 e. The van der Waals surface area contributed by atoms with Crippen LogP contribution in [0.1, 0.15) is 17.5 Å². The summed E-state index contributed by atoms with van der Waals surface area (Å²) in [7, 11) is 0. The third-order valence-electron chi connectivity index (χ3n) is 3.85. The Hall–Kier alpha value is -2.51. The highest BCUT2D eigenvalue weighted by molar-refractivity contribution is 6.30. The van der Waals surface area contributed by atoms with Crippen molar-refractivity contribution in [3.8, 4) is 11.8 Å². The molecule has 2 rings (SSSR count). The fraction of sp³-hybridized carbons (Fsp3) is 0.300. The van der Waals surface area contributed by atoms with Crippen LogP contribution in [0.5, 0.6) is 5.75 Å². The third kappa shape index (κ3) is 6.13. The van der Waals surface area contributed by atoms with Gasteiger partial charge in [-0.1, -0.05) is 41.9 Å². The minimum absolute atomic E-state index is 0.0529. The number of nitrogens with zero attached hydrogens (tertiary/aromatic N) is 2. The Labute approximate surface area is 153 Å². The van der Waals surface area contributed by atoms with Crippen molar-refractivity contribution in [1.29, 1.82) is 5.26 Å². The summed E-state index contributed by atoms with van der Waals surface area (Å²) in [6, 6.07) is 17.3. The Morgan fingerprint density at radius 1 is 1.20 bits per heavy atom. The summed E-state index contributed by atoms with van der Waals surface area (Å²) in [4.78, 5) is 14.2. The summed E-state index contributed by atoms with van der Waals surface area (Å²) in [5.74, 6) is 0.515. The summed E-state index contributed by atoms with van der Waals surface area (Å²) in [6.45, 7) is 2.80. The molecule has 4 nitrogen and oxygen atoms in total. The Kier molecular flexibility index (Phi) is 7.31. The van der Waals surface area contributed by atoms with Crippen molar-refractivity contribution in [2.75, 3.05) is 19.7 Å². The van der Waals surface area contributed by atoms with E-state index in [4.69, 9.17) is 21.6 Å². The molecule has 0 fully saturated rings. The van der Waals surface area contributed by atoms with Crippen molar-refractivity contribution < 1.29 is 9.53 Å². The molecule has 0 heterocycles. The average Bonchev–Trinajstić information content (AvgIpc) is 2.61. The van der Waals surface area contributed by atoms with Crippen molar-refractivity contribution in [3.05, 3.63) is 64.7 Å². The lowest BCUT2D eigenvalue weighted by atomic mass is 10.1. The first-order chi connectivity index (χ1) is 12.1. The molecule has 0 radical (unpaired) electrons. The number of ether oxygens (including phenoxy) is 1. The predicted octanol–water partition coefficient (Wildman–Crippen LogP) is 4.01. The van der Waals surface area contributed by atoms with E-state index >= 15 is 0 Å². The molecule has 0 N–H and O–H groups in total. The summed E-state index contributed by atoms with van der Waals surface area (Å²) in [5.41, 5.74) is 2.04. The lowest BCUT2D eigenvalue weighted by Gasteiger charge is -2.22. The monoisotopic (exact) mass is 356 g/mol. The van der Waals surface area contributed by atoms with Crippen molar-refractivity contribution in [1.82, 2.24) is 4.90 Å². The highest BCUT2D eigenvalue weighted by Crippen LogP contribution is 2.21. The average molecular weight is 357 g/mol. The van der Waals surface area contributed by atoms with Gasteiger partial charge in [-0.2, -0.15) is 5.26 Å². The highest BCUT2D eigenvalue weighted by atomic mass is 35.5. The summed E-state index contributed by atoms with van der Waals surface area (Å²) in [6.07, 6.45) is 1.05. The Morgan fingerprint density at radius 3 is 2.64 bits per heavy atom. The number of rotatable bonds is 8. The molecule has 0 aliphatic rings. The molecule has 130 valence electrons. The van der Waals surface area contributed by atoms with E-state index < -0.39 is 0 Å². The van der Waals surface area contributed by atoms with Gasteiger partial charge in [-0.25, -0.2) is 0 Å². The molecule has 0 unspecified atom stereocenters. The minimum Gasteiger partial charge on any atom is -0.483 e. The van der Waals surface area contributed by atoms with Crippen LogP contribution in [0.3, 0.4) is 0 Å². The SMILES string of the molecule is Cc1cc(Cl)ccc1OCC(=O)N(CCC#N)CCc1ccccc1. The van der Waals surface area contributed by atoms with E-state index in [0.717, 1.165) is 17.5 Å². The fourth-order valence-electron chi connectivity index (χ4n) is 2.46. The Morgan fingerprint density at radius 2 is 1.96 bits per heavy atom. The van der Waals surface area contributed by atoms with Crippen LogP contribution >= 0.6 is 11.6 Å². The zero-order valence-electron chi connectivity index (χ0n) is 14.2. The second-order valence-corrected chi connectivity index (χ2v) is 6.16. The fourth-order valence-corrected chi connectivity index (χ4v) is 2.69. The maximum Gasteiger partial charge on any atom is 0.260 e. The number of carbonyl (C=O) groups excluding carboxylic acids is 1. The van der Waals surface area contributed by atoms with Gasteiger partial charge in [0.1, 0.15) is 5.75 Å². The van der Waals surface area contributed by atoms with Crippen LogP contribution in [0, 0.1) is 18.3 Å². The topological polar surface area (TPSA) is 53.3 Å². The number of carbonyl (C=O) groups is 1. The van der Waals surface area contributed by atoms with E-state index in [1.165, 1.54) is 0 Å². The van der Waals surface area contributed by atoms with Crippen molar-refractivity contribution in [3.63, 3.8) is 0 Å². The maximum atomic E-state index is 12.5. The molecule has 2 aromatic rings. The van der Waals surface area contributed by atoms with E-state index in [9.17, 15) is 4.79 Å². The molecule has 0 atom stereocenters. The van der Waals surface area contributed by atoms with Gasteiger partial charge in [0.15, 0.2) is 6.61 Å². The molecule has 0 aliphatic heterocycles. The van der Waals surface area contributed by atoms with Crippen molar-refractivity contribution >= 4 is 17.5 Å². The zero-order valence-corrected chi connectivity index (χ0v) is 15.0. The second-order valence-electron chi connectivity index (χ2n) is 5.72. The van der Waals surface area contributed by atoms with E-state index in [2.05, 4.69) is 6.07 Å². The van der Waals surface area contributed by atoms with Crippen LogP contribution in [0.25, 0.3) is 0 Å². The van der Waals surface area contributed by atoms with Crippen LogP contribution in [0.4, 0.5) is 0 Å². The first-order valence-electron chi connectivity index (χ1n) is 8.17. The minimum atomic E-state index is -0.125. The number of hydrogen-bond donors (Lipinski definition) is 0. The van der Waals surface area contributed by atoms with Crippen molar-refractivity contribution in [2.24, 2.45) is 0 Å². The number of aryl methyl sites for hydroxylation is 1. The molecule has 0 spiro atoms. The van der Waals surface area contributed by atoms with Gasteiger partial charge < -0.3 is 9.64 Å². The lowest BCUT2D eigenvalue weighted by Crippen LogP contribution is -2.37. The molecule has 0 saturated carbocycles. The molecular weight excluding hydrogens is 336 g/mol. The zero-order chi connectivity index (χ0) is 18.1. The molecule has 2 aromatic carbocycles. The molecule has 1 amide bonds. The largest absolute Gasteiger partial charge is 0.483 e. The van der Waals surface area contributed by atoms with Gasteiger partial charge in [0.2, 0.25) is 0 Å². The Bertz CT molecular complexity index is 741.